The van der Waals surface area contributed by atoms with Gasteiger partial charge in [0, 0.05) is 28.6 Å². The fraction of sp³-hybridized carbons (Fsp3) is 0.519. The zero-order valence-corrected chi connectivity index (χ0v) is 22.1. The van der Waals surface area contributed by atoms with Crippen LogP contribution in [0.4, 0.5) is 0 Å². The maximum Gasteiger partial charge on any atom is 0.272 e. The Hall–Kier alpha value is -2.51. The minimum atomic E-state index is -0.00502. The number of nitrogens with zero attached hydrogens (tertiary/aromatic N) is 4. The highest BCUT2D eigenvalue weighted by molar-refractivity contribution is 7.10. The number of hydrogen-bond donors (Lipinski definition) is 0. The summed E-state index contributed by atoms with van der Waals surface area (Å²) in [5.74, 6) is 0.0992. The van der Waals surface area contributed by atoms with Crippen LogP contribution in [0.5, 0.6) is 0 Å². The summed E-state index contributed by atoms with van der Waals surface area (Å²) in [5, 5.41) is 1.92. The third-order valence-corrected chi connectivity index (χ3v) is 7.16. The van der Waals surface area contributed by atoms with Gasteiger partial charge in [-0.2, -0.15) is 0 Å². The number of fused-ring (bicyclic) bond motifs is 2. The Morgan fingerprint density at radius 2 is 1.85 bits per heavy atom. The van der Waals surface area contributed by atoms with Crippen molar-refractivity contribution in [3.63, 3.8) is 0 Å². The molecule has 0 fully saturated rings. The van der Waals surface area contributed by atoms with Gasteiger partial charge in [0.1, 0.15) is 11.3 Å². The zero-order valence-electron chi connectivity index (χ0n) is 21.3. The molecule has 3 aromatic rings. The SMILES string of the molecule is CCCN(C)CCC.CCCc1ccc2ncc(C(=O)N3CCc4c(C(C)=O)csc4C3)n2c1. The molecule has 0 N–H and O–H groups in total. The molecule has 4 heterocycles. The van der Waals surface area contributed by atoms with Crippen molar-refractivity contribution in [2.75, 3.05) is 26.7 Å². The van der Waals surface area contributed by atoms with Crippen LogP contribution in [0.3, 0.4) is 0 Å². The molecule has 6 nitrogen and oxygen atoms in total. The van der Waals surface area contributed by atoms with E-state index in [2.05, 4.69) is 43.8 Å². The molecule has 7 heteroatoms. The Morgan fingerprint density at radius 3 is 2.50 bits per heavy atom. The number of hydrogen-bond acceptors (Lipinski definition) is 5. The van der Waals surface area contributed by atoms with E-state index in [4.69, 9.17) is 0 Å². The smallest absolute Gasteiger partial charge is 0.272 e. The molecular formula is C27H38N4O2S. The zero-order chi connectivity index (χ0) is 24.7. The van der Waals surface area contributed by atoms with E-state index < -0.39 is 0 Å². The fourth-order valence-corrected chi connectivity index (χ4v) is 5.61. The van der Waals surface area contributed by atoms with Crippen molar-refractivity contribution in [3.8, 4) is 0 Å². The van der Waals surface area contributed by atoms with Gasteiger partial charge in [0.15, 0.2) is 5.78 Å². The average Bonchev–Trinajstić information content (AvgIpc) is 3.43. The van der Waals surface area contributed by atoms with Gasteiger partial charge in [-0.3, -0.25) is 14.0 Å². The molecule has 0 atom stereocenters. The minimum Gasteiger partial charge on any atom is -0.332 e. The summed E-state index contributed by atoms with van der Waals surface area (Å²) in [6.07, 6.45) is 9.02. The first kappa shape index (κ1) is 26.1. The van der Waals surface area contributed by atoms with E-state index in [1.807, 2.05) is 26.9 Å². The van der Waals surface area contributed by atoms with Gasteiger partial charge in [-0.15, -0.1) is 11.3 Å². The Bertz CT molecular complexity index is 1110. The van der Waals surface area contributed by atoms with Crippen LogP contribution in [0.2, 0.25) is 0 Å². The molecule has 184 valence electrons. The first-order chi connectivity index (χ1) is 16.4. The number of amides is 1. The van der Waals surface area contributed by atoms with E-state index in [0.29, 0.717) is 18.8 Å². The lowest BCUT2D eigenvalue weighted by Gasteiger charge is -2.27. The number of carbonyl (C=O) groups is 2. The molecule has 0 radical (unpaired) electrons. The Balaban J connectivity index is 0.000000350. The van der Waals surface area contributed by atoms with Crippen LogP contribution >= 0.6 is 11.3 Å². The van der Waals surface area contributed by atoms with Crippen LogP contribution in [0, 0.1) is 0 Å². The van der Waals surface area contributed by atoms with E-state index in [1.54, 1.807) is 24.5 Å². The molecule has 1 aliphatic rings. The molecule has 3 aromatic heterocycles. The summed E-state index contributed by atoms with van der Waals surface area (Å²) in [7, 11) is 2.17. The largest absolute Gasteiger partial charge is 0.332 e. The molecule has 0 saturated heterocycles. The normalized spacial score (nSPS) is 13.1. The summed E-state index contributed by atoms with van der Waals surface area (Å²) < 4.78 is 1.90. The number of aromatic nitrogens is 2. The lowest BCUT2D eigenvalue weighted by Crippen LogP contribution is -2.36. The molecule has 1 aliphatic heterocycles. The van der Waals surface area contributed by atoms with Crippen molar-refractivity contribution in [1.29, 1.82) is 0 Å². The summed E-state index contributed by atoms with van der Waals surface area (Å²) in [6.45, 7) is 11.9. The highest BCUT2D eigenvalue weighted by atomic mass is 32.1. The minimum absolute atomic E-state index is 0.00502. The molecule has 4 rings (SSSR count). The molecular weight excluding hydrogens is 444 g/mol. The molecule has 1 amide bonds. The van der Waals surface area contributed by atoms with Crippen molar-refractivity contribution in [2.24, 2.45) is 0 Å². The molecule has 0 spiro atoms. The number of Topliss-reactive ketones (excluding diaryl/α,β-unsaturated/α-hetero) is 1. The summed E-state index contributed by atoms with van der Waals surface area (Å²) >= 11 is 1.57. The fourth-order valence-electron chi connectivity index (χ4n) is 4.45. The van der Waals surface area contributed by atoms with E-state index >= 15 is 0 Å². The predicted molar refractivity (Wildman–Crippen MR) is 140 cm³/mol. The second-order valence-corrected chi connectivity index (χ2v) is 10.0. The van der Waals surface area contributed by atoms with Gasteiger partial charge in [0.25, 0.3) is 5.91 Å². The Morgan fingerprint density at radius 1 is 1.12 bits per heavy atom. The monoisotopic (exact) mass is 482 g/mol. The van der Waals surface area contributed by atoms with Crippen molar-refractivity contribution in [2.45, 2.75) is 66.3 Å². The van der Waals surface area contributed by atoms with E-state index in [-0.39, 0.29) is 11.7 Å². The molecule has 0 unspecified atom stereocenters. The van der Waals surface area contributed by atoms with Gasteiger partial charge >= 0.3 is 0 Å². The highest BCUT2D eigenvalue weighted by Crippen LogP contribution is 2.29. The van der Waals surface area contributed by atoms with E-state index in [9.17, 15) is 9.59 Å². The van der Waals surface area contributed by atoms with Gasteiger partial charge in [0.2, 0.25) is 0 Å². The maximum absolute atomic E-state index is 13.1. The van der Waals surface area contributed by atoms with E-state index in [0.717, 1.165) is 40.9 Å². The third-order valence-electron chi connectivity index (χ3n) is 6.15. The third kappa shape index (κ3) is 6.13. The molecule has 0 bridgehead atoms. The van der Waals surface area contributed by atoms with Crippen molar-refractivity contribution >= 4 is 28.7 Å². The summed E-state index contributed by atoms with van der Waals surface area (Å²) in [4.78, 5) is 34.5. The van der Waals surface area contributed by atoms with Crippen LogP contribution in [-0.4, -0.2) is 57.6 Å². The molecule has 0 aliphatic carbocycles. The van der Waals surface area contributed by atoms with Gasteiger partial charge in [-0.05, 0) is 69.9 Å². The second-order valence-electron chi connectivity index (χ2n) is 9.05. The van der Waals surface area contributed by atoms with Crippen LogP contribution in [0.15, 0.2) is 29.9 Å². The van der Waals surface area contributed by atoms with Crippen molar-refractivity contribution in [3.05, 3.63) is 57.2 Å². The van der Waals surface area contributed by atoms with Gasteiger partial charge in [-0.25, -0.2) is 4.98 Å². The number of pyridine rings is 1. The lowest BCUT2D eigenvalue weighted by atomic mass is 10.0. The van der Waals surface area contributed by atoms with Gasteiger partial charge < -0.3 is 9.80 Å². The quantitative estimate of drug-likeness (QED) is 0.399. The average molecular weight is 483 g/mol. The standard InChI is InChI=1S/C20H21N3O2S.C7H17N/c1-3-4-14-5-6-19-21-9-17(23(19)10-14)20(25)22-8-7-15-16(13(2)24)12-26-18(15)11-22;1-4-6-8(3)7-5-2/h5-6,9-10,12H,3-4,7-8,11H2,1-2H3;4-7H2,1-3H3. The number of rotatable bonds is 8. The summed E-state index contributed by atoms with van der Waals surface area (Å²) in [5.41, 5.74) is 4.54. The van der Waals surface area contributed by atoms with Gasteiger partial charge in [0.05, 0.1) is 12.7 Å². The Labute approximate surface area is 207 Å². The Kier molecular flexibility index (Phi) is 9.42. The number of ketones is 1. The van der Waals surface area contributed by atoms with Gasteiger partial charge in [-0.1, -0.05) is 33.3 Å². The molecule has 0 saturated carbocycles. The van der Waals surface area contributed by atoms with E-state index in [1.165, 1.54) is 31.5 Å². The van der Waals surface area contributed by atoms with Crippen LogP contribution in [0.1, 0.15) is 83.8 Å². The van der Waals surface area contributed by atoms with Crippen molar-refractivity contribution < 1.29 is 9.59 Å². The topological polar surface area (TPSA) is 57.9 Å². The van der Waals surface area contributed by atoms with Crippen LogP contribution in [0.25, 0.3) is 5.65 Å². The lowest BCUT2D eigenvalue weighted by molar-refractivity contribution is 0.0730. The predicted octanol–water partition coefficient (Wildman–Crippen LogP) is 5.49. The van der Waals surface area contributed by atoms with Crippen LogP contribution < -0.4 is 0 Å². The second kappa shape index (κ2) is 12.3. The molecule has 0 aromatic carbocycles. The maximum atomic E-state index is 13.1. The number of imidazole rings is 1. The number of carbonyl (C=O) groups excluding carboxylic acids is 2. The summed E-state index contributed by atoms with van der Waals surface area (Å²) in [6, 6.07) is 4.04. The highest BCUT2D eigenvalue weighted by Gasteiger charge is 2.27. The number of thiophene rings is 1. The van der Waals surface area contributed by atoms with Crippen LogP contribution in [-0.2, 0) is 19.4 Å². The van der Waals surface area contributed by atoms with Crippen molar-refractivity contribution in [1.82, 2.24) is 19.2 Å². The molecule has 34 heavy (non-hydrogen) atoms. The first-order valence-electron chi connectivity index (χ1n) is 12.4. The number of aryl methyl sites for hydroxylation is 1. The first-order valence-corrected chi connectivity index (χ1v) is 13.3.